The van der Waals surface area contributed by atoms with Crippen LogP contribution in [0.4, 0.5) is 0 Å². The lowest BCUT2D eigenvalue weighted by atomic mass is 10.1. The number of fused-ring (bicyclic) bond motifs is 1. The molecule has 2 aromatic heterocycles. The Kier molecular flexibility index (Phi) is 5.13. The van der Waals surface area contributed by atoms with Gasteiger partial charge in [-0.3, -0.25) is 9.48 Å². The molecule has 0 aliphatic rings. The molecule has 0 fully saturated rings. The van der Waals surface area contributed by atoms with Crippen molar-refractivity contribution in [2.24, 2.45) is 7.05 Å². The van der Waals surface area contributed by atoms with E-state index in [2.05, 4.69) is 15.4 Å². The van der Waals surface area contributed by atoms with E-state index in [1.165, 1.54) is 0 Å². The number of aromatic nitrogens is 3. The zero-order valence-corrected chi connectivity index (χ0v) is 13.9. The average molecular weight is 304 g/mol. The van der Waals surface area contributed by atoms with Gasteiger partial charge in [0, 0.05) is 25.9 Å². The average Bonchev–Trinajstić information content (AvgIpc) is 2.72. The van der Waals surface area contributed by atoms with Crippen molar-refractivity contribution in [3.05, 3.63) is 23.0 Å². The zero-order valence-electron chi connectivity index (χ0n) is 13.9. The molecule has 0 aromatic carbocycles. The molecule has 120 valence electrons. The summed E-state index contributed by atoms with van der Waals surface area (Å²) in [5, 5.41) is 8.13. The van der Waals surface area contributed by atoms with Crippen molar-refractivity contribution in [2.45, 2.75) is 40.2 Å². The molecule has 1 amide bonds. The SMILES string of the molecule is Cc1cc(C(=O)NCCCOC(C)C)c2c(C)nn(C)c2n1. The number of hydrogen-bond donors (Lipinski definition) is 1. The fourth-order valence-corrected chi connectivity index (χ4v) is 2.44. The third kappa shape index (κ3) is 3.62. The molecule has 0 aliphatic carbocycles. The van der Waals surface area contributed by atoms with Gasteiger partial charge in [0.2, 0.25) is 0 Å². The van der Waals surface area contributed by atoms with Gasteiger partial charge in [0.05, 0.1) is 22.7 Å². The van der Waals surface area contributed by atoms with Crippen molar-refractivity contribution in [1.82, 2.24) is 20.1 Å². The molecule has 0 bridgehead atoms. The number of amides is 1. The highest BCUT2D eigenvalue weighted by Gasteiger charge is 2.17. The number of aryl methyl sites for hydroxylation is 3. The van der Waals surface area contributed by atoms with Crippen molar-refractivity contribution in [2.75, 3.05) is 13.2 Å². The summed E-state index contributed by atoms with van der Waals surface area (Å²) in [4.78, 5) is 16.9. The summed E-state index contributed by atoms with van der Waals surface area (Å²) in [6, 6.07) is 1.82. The maximum absolute atomic E-state index is 12.5. The minimum absolute atomic E-state index is 0.0869. The van der Waals surface area contributed by atoms with Gasteiger partial charge in [-0.1, -0.05) is 0 Å². The third-order valence-corrected chi connectivity index (χ3v) is 3.40. The third-order valence-electron chi connectivity index (χ3n) is 3.40. The van der Waals surface area contributed by atoms with Crippen LogP contribution in [0.15, 0.2) is 6.07 Å². The van der Waals surface area contributed by atoms with E-state index in [0.29, 0.717) is 18.7 Å². The van der Waals surface area contributed by atoms with Crippen LogP contribution >= 0.6 is 0 Å². The van der Waals surface area contributed by atoms with Crippen molar-refractivity contribution >= 4 is 16.9 Å². The lowest BCUT2D eigenvalue weighted by Gasteiger charge is -2.09. The molecule has 2 heterocycles. The lowest BCUT2D eigenvalue weighted by Crippen LogP contribution is -2.26. The summed E-state index contributed by atoms with van der Waals surface area (Å²) in [5.74, 6) is -0.0869. The van der Waals surface area contributed by atoms with E-state index < -0.39 is 0 Å². The number of hydrogen-bond acceptors (Lipinski definition) is 4. The first kappa shape index (κ1) is 16.4. The van der Waals surface area contributed by atoms with Crippen molar-refractivity contribution in [3.63, 3.8) is 0 Å². The molecule has 1 N–H and O–H groups in total. The van der Waals surface area contributed by atoms with E-state index in [9.17, 15) is 4.79 Å². The molecule has 0 spiro atoms. The number of carbonyl (C=O) groups excluding carboxylic acids is 1. The zero-order chi connectivity index (χ0) is 16.3. The Labute approximate surface area is 130 Å². The normalized spacial score (nSPS) is 11.4. The highest BCUT2D eigenvalue weighted by atomic mass is 16.5. The van der Waals surface area contributed by atoms with Crippen LogP contribution in [0.25, 0.3) is 11.0 Å². The number of rotatable bonds is 6. The van der Waals surface area contributed by atoms with Gasteiger partial charge in [0.25, 0.3) is 5.91 Å². The molecule has 2 rings (SSSR count). The van der Waals surface area contributed by atoms with E-state index in [4.69, 9.17) is 4.74 Å². The molecule has 6 heteroatoms. The second-order valence-corrected chi connectivity index (χ2v) is 5.75. The number of nitrogens with one attached hydrogen (secondary N) is 1. The van der Waals surface area contributed by atoms with Gasteiger partial charge >= 0.3 is 0 Å². The number of carbonyl (C=O) groups is 1. The van der Waals surface area contributed by atoms with E-state index >= 15 is 0 Å². The van der Waals surface area contributed by atoms with Crippen LogP contribution in [0.3, 0.4) is 0 Å². The van der Waals surface area contributed by atoms with Gasteiger partial charge in [0.15, 0.2) is 5.65 Å². The van der Waals surface area contributed by atoms with Crippen LogP contribution in [0.2, 0.25) is 0 Å². The Balaban J connectivity index is 2.11. The van der Waals surface area contributed by atoms with Gasteiger partial charge in [-0.15, -0.1) is 0 Å². The molecule has 2 aromatic rings. The standard InChI is InChI=1S/C16H24N4O2/c1-10(2)22-8-6-7-17-16(21)13-9-11(3)18-15-14(13)12(4)19-20(15)5/h9-10H,6-8H2,1-5H3,(H,17,21). The van der Waals surface area contributed by atoms with Crippen molar-refractivity contribution < 1.29 is 9.53 Å². The fourth-order valence-electron chi connectivity index (χ4n) is 2.44. The number of pyridine rings is 1. The summed E-state index contributed by atoms with van der Waals surface area (Å²) >= 11 is 0. The molecule has 0 aliphatic heterocycles. The Morgan fingerprint density at radius 1 is 1.41 bits per heavy atom. The highest BCUT2D eigenvalue weighted by molar-refractivity contribution is 6.06. The molecule has 0 atom stereocenters. The van der Waals surface area contributed by atoms with Crippen LogP contribution < -0.4 is 5.32 Å². The fraction of sp³-hybridized carbons (Fsp3) is 0.562. The first-order chi connectivity index (χ1) is 10.4. The maximum Gasteiger partial charge on any atom is 0.252 e. The number of nitrogens with zero attached hydrogens (tertiary/aromatic N) is 3. The van der Waals surface area contributed by atoms with E-state index in [-0.39, 0.29) is 12.0 Å². The molecule has 6 nitrogen and oxygen atoms in total. The Morgan fingerprint density at radius 3 is 2.82 bits per heavy atom. The van der Waals surface area contributed by atoms with Crippen molar-refractivity contribution in [1.29, 1.82) is 0 Å². The van der Waals surface area contributed by atoms with E-state index in [1.807, 2.05) is 40.8 Å². The predicted molar refractivity (Wildman–Crippen MR) is 86.0 cm³/mol. The van der Waals surface area contributed by atoms with Gasteiger partial charge in [-0.2, -0.15) is 5.10 Å². The summed E-state index contributed by atoms with van der Waals surface area (Å²) in [7, 11) is 1.84. The summed E-state index contributed by atoms with van der Waals surface area (Å²) in [6.07, 6.45) is 1.01. The monoisotopic (exact) mass is 304 g/mol. The van der Waals surface area contributed by atoms with Gasteiger partial charge in [0.1, 0.15) is 0 Å². The minimum Gasteiger partial charge on any atom is -0.379 e. The first-order valence-electron chi connectivity index (χ1n) is 7.61. The van der Waals surface area contributed by atoms with Gasteiger partial charge in [-0.05, 0) is 40.2 Å². The summed E-state index contributed by atoms with van der Waals surface area (Å²) in [6.45, 7) is 9.02. The summed E-state index contributed by atoms with van der Waals surface area (Å²) in [5.41, 5.74) is 3.01. The Morgan fingerprint density at radius 2 is 2.14 bits per heavy atom. The lowest BCUT2D eigenvalue weighted by molar-refractivity contribution is 0.0757. The second-order valence-electron chi connectivity index (χ2n) is 5.75. The Hall–Kier alpha value is -1.95. The van der Waals surface area contributed by atoms with Crippen molar-refractivity contribution in [3.8, 4) is 0 Å². The second kappa shape index (κ2) is 6.87. The highest BCUT2D eigenvalue weighted by Crippen LogP contribution is 2.21. The summed E-state index contributed by atoms with van der Waals surface area (Å²) < 4.78 is 7.18. The molecule has 0 radical (unpaired) electrons. The van der Waals surface area contributed by atoms with Crippen LogP contribution in [0, 0.1) is 13.8 Å². The maximum atomic E-state index is 12.5. The molecule has 0 saturated carbocycles. The van der Waals surface area contributed by atoms with Crippen LogP contribution in [-0.4, -0.2) is 39.9 Å². The molecule has 0 unspecified atom stereocenters. The largest absolute Gasteiger partial charge is 0.379 e. The quantitative estimate of drug-likeness (QED) is 0.830. The number of ether oxygens (including phenoxy) is 1. The van der Waals surface area contributed by atoms with Crippen LogP contribution in [-0.2, 0) is 11.8 Å². The smallest absolute Gasteiger partial charge is 0.252 e. The van der Waals surface area contributed by atoms with Crippen LogP contribution in [0.5, 0.6) is 0 Å². The van der Waals surface area contributed by atoms with Crippen LogP contribution in [0.1, 0.15) is 42.0 Å². The molecular weight excluding hydrogens is 280 g/mol. The topological polar surface area (TPSA) is 69.0 Å². The first-order valence-corrected chi connectivity index (χ1v) is 7.61. The minimum atomic E-state index is -0.0869. The van der Waals surface area contributed by atoms with E-state index in [1.54, 1.807) is 4.68 Å². The molecule has 0 saturated heterocycles. The van der Waals surface area contributed by atoms with Gasteiger partial charge < -0.3 is 10.1 Å². The van der Waals surface area contributed by atoms with E-state index in [0.717, 1.165) is 28.8 Å². The molecule has 22 heavy (non-hydrogen) atoms. The molecular formula is C16H24N4O2. The van der Waals surface area contributed by atoms with Gasteiger partial charge in [-0.25, -0.2) is 4.98 Å². The predicted octanol–water partition coefficient (Wildman–Crippen LogP) is 2.13. The Bertz CT molecular complexity index is 676.